The molecule has 0 bridgehead atoms. The normalized spacial score (nSPS) is 11.2. The Labute approximate surface area is 126 Å². The van der Waals surface area contributed by atoms with E-state index in [0.29, 0.717) is 12.6 Å². The van der Waals surface area contributed by atoms with E-state index in [9.17, 15) is 14.7 Å². The van der Waals surface area contributed by atoms with Crippen molar-refractivity contribution in [3.05, 3.63) is 53.9 Å². The SMILES string of the molecule is COc1ccc(Cn2nccc2C(O)=CC(=O)C(=O)O)cc1. The largest absolute Gasteiger partial charge is 0.506 e. The lowest BCUT2D eigenvalue weighted by atomic mass is 10.2. The molecule has 0 atom stereocenters. The second-order valence-corrected chi connectivity index (χ2v) is 4.42. The number of benzene rings is 1. The monoisotopic (exact) mass is 302 g/mol. The fourth-order valence-corrected chi connectivity index (χ4v) is 1.84. The maximum absolute atomic E-state index is 11.1. The predicted molar refractivity (Wildman–Crippen MR) is 77.6 cm³/mol. The molecule has 7 nitrogen and oxygen atoms in total. The maximum Gasteiger partial charge on any atom is 0.376 e. The van der Waals surface area contributed by atoms with Crippen molar-refractivity contribution in [3.8, 4) is 5.75 Å². The number of carboxylic acids is 1. The number of carbonyl (C=O) groups excluding carboxylic acids is 1. The summed E-state index contributed by atoms with van der Waals surface area (Å²) in [5.74, 6) is -2.56. The topological polar surface area (TPSA) is 102 Å². The quantitative estimate of drug-likeness (QED) is 0.476. The number of carbonyl (C=O) groups is 2. The molecule has 1 aromatic carbocycles. The Bertz CT molecular complexity index is 716. The van der Waals surface area contributed by atoms with E-state index in [1.54, 1.807) is 19.2 Å². The van der Waals surface area contributed by atoms with E-state index in [1.807, 2.05) is 12.1 Å². The molecule has 0 fully saturated rings. The molecule has 0 unspecified atom stereocenters. The van der Waals surface area contributed by atoms with E-state index < -0.39 is 17.5 Å². The van der Waals surface area contributed by atoms with Crippen LogP contribution in [0.5, 0.6) is 5.75 Å². The van der Waals surface area contributed by atoms with Gasteiger partial charge in [0.1, 0.15) is 17.2 Å². The van der Waals surface area contributed by atoms with Crippen LogP contribution >= 0.6 is 0 Å². The molecule has 114 valence electrons. The first-order chi connectivity index (χ1) is 10.5. The van der Waals surface area contributed by atoms with Gasteiger partial charge in [-0.2, -0.15) is 5.10 Å². The molecule has 1 heterocycles. The number of aliphatic carboxylic acids is 1. The Hall–Kier alpha value is -3.09. The Morgan fingerprint density at radius 2 is 1.91 bits per heavy atom. The molecule has 1 aromatic heterocycles. The molecule has 2 N–H and O–H groups in total. The van der Waals surface area contributed by atoms with Gasteiger partial charge in [0.15, 0.2) is 0 Å². The van der Waals surface area contributed by atoms with Crippen LogP contribution in [-0.4, -0.2) is 38.9 Å². The number of ketones is 1. The first-order valence-corrected chi connectivity index (χ1v) is 6.34. The molecule has 0 aliphatic carbocycles. The number of carboxylic acid groups (broad SMARTS) is 1. The van der Waals surface area contributed by atoms with Crippen LogP contribution in [0.4, 0.5) is 0 Å². The highest BCUT2D eigenvalue weighted by Gasteiger charge is 2.13. The molecule has 0 radical (unpaired) electrons. The van der Waals surface area contributed by atoms with Crippen molar-refractivity contribution < 1.29 is 24.5 Å². The van der Waals surface area contributed by atoms with Crippen molar-refractivity contribution in [2.24, 2.45) is 0 Å². The van der Waals surface area contributed by atoms with Crippen LogP contribution in [0.1, 0.15) is 11.3 Å². The van der Waals surface area contributed by atoms with E-state index in [0.717, 1.165) is 11.3 Å². The summed E-state index contributed by atoms with van der Waals surface area (Å²) in [4.78, 5) is 21.6. The fraction of sp³-hybridized carbons (Fsp3) is 0.133. The summed E-state index contributed by atoms with van der Waals surface area (Å²) in [6.45, 7) is 0.353. The Kier molecular flexibility index (Phi) is 4.57. The number of aliphatic hydroxyl groups is 1. The van der Waals surface area contributed by atoms with Gasteiger partial charge in [-0.05, 0) is 23.8 Å². The fourth-order valence-electron chi connectivity index (χ4n) is 1.84. The van der Waals surface area contributed by atoms with Gasteiger partial charge in [-0.1, -0.05) is 12.1 Å². The lowest BCUT2D eigenvalue weighted by Crippen LogP contribution is -2.11. The van der Waals surface area contributed by atoms with E-state index in [-0.39, 0.29) is 5.69 Å². The number of methoxy groups -OCH3 is 1. The second-order valence-electron chi connectivity index (χ2n) is 4.42. The minimum atomic E-state index is -1.63. The molecule has 7 heteroatoms. The lowest BCUT2D eigenvalue weighted by molar-refractivity contribution is -0.146. The van der Waals surface area contributed by atoms with Gasteiger partial charge in [0, 0.05) is 12.3 Å². The average Bonchev–Trinajstić information content (AvgIpc) is 2.96. The third-order valence-electron chi connectivity index (χ3n) is 2.95. The molecule has 0 saturated heterocycles. The van der Waals surface area contributed by atoms with E-state index in [4.69, 9.17) is 9.84 Å². The van der Waals surface area contributed by atoms with Gasteiger partial charge in [-0.3, -0.25) is 9.48 Å². The van der Waals surface area contributed by atoms with Crippen LogP contribution < -0.4 is 4.74 Å². The Morgan fingerprint density at radius 3 is 2.50 bits per heavy atom. The number of aromatic nitrogens is 2. The van der Waals surface area contributed by atoms with Crippen molar-refractivity contribution in [3.63, 3.8) is 0 Å². The van der Waals surface area contributed by atoms with Gasteiger partial charge in [-0.25, -0.2) is 4.79 Å². The van der Waals surface area contributed by atoms with Crippen molar-refractivity contribution >= 4 is 17.5 Å². The summed E-state index contributed by atoms with van der Waals surface area (Å²) < 4.78 is 6.53. The average molecular weight is 302 g/mol. The predicted octanol–water partition coefficient (Wildman–Crippen LogP) is 1.49. The number of nitrogens with zero attached hydrogens (tertiary/aromatic N) is 2. The number of rotatable bonds is 6. The van der Waals surface area contributed by atoms with Crippen LogP contribution in [0.3, 0.4) is 0 Å². The molecule has 2 aromatic rings. The highest BCUT2D eigenvalue weighted by atomic mass is 16.5. The molecule has 0 saturated carbocycles. The van der Waals surface area contributed by atoms with Crippen molar-refractivity contribution in [2.45, 2.75) is 6.54 Å². The Balaban J connectivity index is 2.21. The molecular weight excluding hydrogens is 288 g/mol. The lowest BCUT2D eigenvalue weighted by Gasteiger charge is -2.08. The van der Waals surface area contributed by atoms with Crippen LogP contribution in [0.25, 0.3) is 5.76 Å². The van der Waals surface area contributed by atoms with Crippen molar-refractivity contribution in [1.29, 1.82) is 0 Å². The van der Waals surface area contributed by atoms with Crippen LogP contribution in [0.15, 0.2) is 42.6 Å². The van der Waals surface area contributed by atoms with Gasteiger partial charge in [0.25, 0.3) is 5.78 Å². The van der Waals surface area contributed by atoms with Crippen LogP contribution in [0, 0.1) is 0 Å². The molecular formula is C15H14N2O5. The zero-order valence-corrected chi connectivity index (χ0v) is 11.8. The summed E-state index contributed by atoms with van der Waals surface area (Å²) in [5, 5.41) is 22.5. The van der Waals surface area contributed by atoms with E-state index >= 15 is 0 Å². The summed E-state index contributed by atoms with van der Waals surface area (Å²) in [6.07, 6.45) is 2.11. The summed E-state index contributed by atoms with van der Waals surface area (Å²) >= 11 is 0. The van der Waals surface area contributed by atoms with E-state index in [2.05, 4.69) is 5.10 Å². The third-order valence-corrected chi connectivity index (χ3v) is 2.95. The zero-order valence-electron chi connectivity index (χ0n) is 11.8. The molecule has 22 heavy (non-hydrogen) atoms. The second kappa shape index (κ2) is 6.57. The summed E-state index contributed by atoms with van der Waals surface area (Å²) in [5.41, 5.74) is 1.16. The smallest absolute Gasteiger partial charge is 0.376 e. The zero-order chi connectivity index (χ0) is 16.1. The number of aliphatic hydroxyl groups excluding tert-OH is 1. The summed E-state index contributed by atoms with van der Waals surface area (Å²) in [7, 11) is 1.57. The highest BCUT2D eigenvalue weighted by Crippen LogP contribution is 2.15. The number of hydrogen-bond donors (Lipinski definition) is 2. The third kappa shape index (κ3) is 3.51. The number of ether oxygens (including phenoxy) is 1. The molecule has 0 amide bonds. The molecule has 2 rings (SSSR count). The van der Waals surface area contributed by atoms with Crippen molar-refractivity contribution in [1.82, 2.24) is 9.78 Å². The van der Waals surface area contributed by atoms with Gasteiger partial charge in [0.05, 0.1) is 13.7 Å². The summed E-state index contributed by atoms with van der Waals surface area (Å²) in [6, 6.07) is 8.76. The van der Waals surface area contributed by atoms with Gasteiger partial charge >= 0.3 is 5.97 Å². The van der Waals surface area contributed by atoms with Crippen LogP contribution in [-0.2, 0) is 16.1 Å². The molecule has 0 spiro atoms. The van der Waals surface area contributed by atoms with E-state index in [1.165, 1.54) is 16.9 Å². The van der Waals surface area contributed by atoms with Gasteiger partial charge in [-0.15, -0.1) is 0 Å². The van der Waals surface area contributed by atoms with Gasteiger partial charge < -0.3 is 14.9 Å². The highest BCUT2D eigenvalue weighted by molar-refractivity contribution is 6.38. The molecule has 0 aliphatic rings. The Morgan fingerprint density at radius 1 is 1.23 bits per heavy atom. The first-order valence-electron chi connectivity index (χ1n) is 6.34. The first kappa shape index (κ1) is 15.3. The number of hydrogen-bond acceptors (Lipinski definition) is 5. The van der Waals surface area contributed by atoms with Crippen LogP contribution in [0.2, 0.25) is 0 Å². The minimum absolute atomic E-state index is 0.255. The standard InChI is InChI=1S/C15H14N2O5/c1-22-11-4-2-10(3-5-11)9-17-12(6-7-16-17)13(18)8-14(19)15(20)21/h2-8,18H,9H2,1H3,(H,20,21). The maximum atomic E-state index is 11.1. The molecule has 0 aliphatic heterocycles. The van der Waals surface area contributed by atoms with Gasteiger partial charge in [0.2, 0.25) is 0 Å². The van der Waals surface area contributed by atoms with Crippen molar-refractivity contribution in [2.75, 3.05) is 7.11 Å². The minimum Gasteiger partial charge on any atom is -0.506 e.